The third kappa shape index (κ3) is 5.33. The first-order valence-corrected chi connectivity index (χ1v) is 12.4. The van der Waals surface area contributed by atoms with Crippen LogP contribution in [0.1, 0.15) is 29.3 Å². The molecule has 0 saturated carbocycles. The molecule has 3 aromatic carbocycles. The zero-order valence-corrected chi connectivity index (χ0v) is 19.7. The second-order valence-electron chi connectivity index (χ2n) is 8.33. The van der Waals surface area contributed by atoms with Gasteiger partial charge in [-0.2, -0.15) is 5.01 Å². The van der Waals surface area contributed by atoms with E-state index in [1.54, 1.807) is 25.1 Å². The van der Waals surface area contributed by atoms with Crippen molar-refractivity contribution in [1.29, 1.82) is 0 Å². The predicted molar refractivity (Wildman–Crippen MR) is 130 cm³/mol. The molecule has 1 aliphatic heterocycles. The van der Waals surface area contributed by atoms with E-state index in [0.29, 0.717) is 17.9 Å². The lowest BCUT2D eigenvalue weighted by molar-refractivity contribution is -0.132. The number of urea groups is 1. The topological polar surface area (TPSA) is 125 Å². The van der Waals surface area contributed by atoms with Crippen LogP contribution in [-0.2, 0) is 21.2 Å². The lowest BCUT2D eigenvalue weighted by Crippen LogP contribution is -2.48. The van der Waals surface area contributed by atoms with E-state index < -0.39 is 33.4 Å². The van der Waals surface area contributed by atoms with Crippen molar-refractivity contribution < 1.29 is 22.8 Å². The van der Waals surface area contributed by atoms with Gasteiger partial charge in [-0.05, 0) is 61.7 Å². The van der Waals surface area contributed by atoms with Crippen LogP contribution in [0.4, 0.5) is 10.5 Å². The molecule has 0 radical (unpaired) electrons. The summed E-state index contributed by atoms with van der Waals surface area (Å²) in [5.74, 6) is -1.24. The maximum absolute atomic E-state index is 12.9. The van der Waals surface area contributed by atoms with Gasteiger partial charge in [-0.1, -0.05) is 48.5 Å². The first-order chi connectivity index (χ1) is 16.7. The highest BCUT2D eigenvalue weighted by Crippen LogP contribution is 2.23. The Bertz CT molecular complexity index is 1350. The Kier molecular flexibility index (Phi) is 6.57. The Balaban J connectivity index is 1.39. The van der Waals surface area contributed by atoms with Gasteiger partial charge in [0, 0.05) is 11.3 Å². The fourth-order valence-corrected chi connectivity index (χ4v) is 4.74. The number of hydrogen-bond donors (Lipinski definition) is 3. The molecule has 180 valence electrons. The number of benzene rings is 3. The first-order valence-electron chi connectivity index (χ1n) is 10.9. The highest BCUT2D eigenvalue weighted by Gasteiger charge is 2.48. The van der Waals surface area contributed by atoms with Crippen molar-refractivity contribution in [2.75, 3.05) is 4.72 Å². The van der Waals surface area contributed by atoms with E-state index in [1.165, 1.54) is 36.4 Å². The van der Waals surface area contributed by atoms with Gasteiger partial charge in [0.05, 0.1) is 4.90 Å². The summed E-state index contributed by atoms with van der Waals surface area (Å²) in [6, 6.07) is 22.4. The highest BCUT2D eigenvalue weighted by molar-refractivity contribution is 7.92. The molecule has 3 N–H and O–H groups in total. The molecule has 1 aliphatic rings. The van der Waals surface area contributed by atoms with E-state index >= 15 is 0 Å². The van der Waals surface area contributed by atoms with Crippen LogP contribution in [0.5, 0.6) is 0 Å². The molecule has 1 saturated heterocycles. The number of rotatable bonds is 8. The second kappa shape index (κ2) is 9.59. The van der Waals surface area contributed by atoms with Crippen molar-refractivity contribution in [3.63, 3.8) is 0 Å². The molecule has 3 aromatic rings. The number of nitrogens with zero attached hydrogens (tertiary/aromatic N) is 1. The van der Waals surface area contributed by atoms with E-state index in [0.717, 1.165) is 5.56 Å². The van der Waals surface area contributed by atoms with Gasteiger partial charge in [-0.25, -0.2) is 13.2 Å². The molecule has 0 aliphatic carbocycles. The van der Waals surface area contributed by atoms with Crippen LogP contribution in [0.2, 0.25) is 0 Å². The van der Waals surface area contributed by atoms with Crippen LogP contribution >= 0.6 is 0 Å². The Morgan fingerprint density at radius 2 is 1.51 bits per heavy atom. The fourth-order valence-electron chi connectivity index (χ4n) is 3.66. The van der Waals surface area contributed by atoms with Gasteiger partial charge < -0.3 is 5.32 Å². The van der Waals surface area contributed by atoms with Crippen LogP contribution in [0.25, 0.3) is 0 Å². The predicted octanol–water partition coefficient (Wildman–Crippen LogP) is 3.08. The molecule has 0 aromatic heterocycles. The molecule has 0 unspecified atom stereocenters. The fraction of sp³-hybridized carbons (Fsp3) is 0.160. The van der Waals surface area contributed by atoms with E-state index in [-0.39, 0.29) is 16.1 Å². The smallest absolute Gasteiger partial charge is 0.322 e. The van der Waals surface area contributed by atoms with Crippen molar-refractivity contribution in [1.82, 2.24) is 15.8 Å². The summed E-state index contributed by atoms with van der Waals surface area (Å²) >= 11 is 0. The van der Waals surface area contributed by atoms with Gasteiger partial charge >= 0.3 is 6.03 Å². The van der Waals surface area contributed by atoms with Crippen molar-refractivity contribution in [2.45, 2.75) is 30.2 Å². The average Bonchev–Trinajstić information content (AvgIpc) is 3.07. The van der Waals surface area contributed by atoms with Crippen LogP contribution in [0.3, 0.4) is 0 Å². The third-order valence-corrected chi connectivity index (χ3v) is 7.08. The Labute approximate surface area is 203 Å². The first kappa shape index (κ1) is 24.0. The standard InChI is InChI=1S/C25H24N4O5S/c1-25(17-16-18-8-4-2-5-9-18)23(31)29(24(32)26-25)27-22(30)19-12-14-20(15-13-19)28-35(33,34)21-10-6-3-7-11-21/h2-15,28H,16-17H2,1H3,(H,26,32)(H,27,30)/t25-/m1/s1. The van der Waals surface area contributed by atoms with Gasteiger partial charge in [0.2, 0.25) is 0 Å². The molecule has 4 amide bonds. The second-order valence-corrected chi connectivity index (χ2v) is 10.0. The summed E-state index contributed by atoms with van der Waals surface area (Å²) in [5, 5.41) is 3.33. The van der Waals surface area contributed by atoms with Gasteiger partial charge in [-0.15, -0.1) is 0 Å². The number of carbonyl (C=O) groups is 3. The maximum atomic E-state index is 12.9. The summed E-state index contributed by atoms with van der Waals surface area (Å²) in [6.45, 7) is 1.62. The number of imide groups is 1. The zero-order valence-electron chi connectivity index (χ0n) is 18.9. The molecule has 0 spiro atoms. The van der Waals surface area contributed by atoms with Gasteiger partial charge in [-0.3, -0.25) is 19.7 Å². The summed E-state index contributed by atoms with van der Waals surface area (Å²) in [4.78, 5) is 38.1. The lowest BCUT2D eigenvalue weighted by atomic mass is 9.93. The minimum Gasteiger partial charge on any atom is -0.322 e. The number of hydrazine groups is 1. The van der Waals surface area contributed by atoms with Gasteiger partial charge in [0.15, 0.2) is 0 Å². The largest absolute Gasteiger partial charge is 0.344 e. The summed E-state index contributed by atoms with van der Waals surface area (Å²) in [5.41, 5.74) is 2.61. The summed E-state index contributed by atoms with van der Waals surface area (Å²) in [6.07, 6.45) is 0.940. The monoisotopic (exact) mass is 492 g/mol. The molecule has 10 heteroatoms. The molecular weight excluding hydrogens is 468 g/mol. The molecule has 1 heterocycles. The Hall–Kier alpha value is -4.18. The van der Waals surface area contributed by atoms with E-state index in [2.05, 4.69) is 15.5 Å². The summed E-state index contributed by atoms with van der Waals surface area (Å²) < 4.78 is 27.3. The zero-order chi connectivity index (χ0) is 25.1. The number of anilines is 1. The quantitative estimate of drug-likeness (QED) is 0.417. The number of nitrogens with one attached hydrogen (secondary N) is 3. The molecule has 1 fully saturated rings. The molecule has 1 atom stereocenters. The molecular formula is C25H24N4O5S. The number of carbonyl (C=O) groups excluding carboxylic acids is 3. The third-order valence-electron chi connectivity index (χ3n) is 5.68. The Morgan fingerprint density at radius 1 is 0.914 bits per heavy atom. The van der Waals surface area contributed by atoms with Gasteiger partial charge in [0.1, 0.15) is 5.54 Å². The lowest BCUT2D eigenvalue weighted by Gasteiger charge is -2.21. The highest BCUT2D eigenvalue weighted by atomic mass is 32.2. The molecule has 4 rings (SSSR count). The number of amides is 4. The van der Waals surface area contributed by atoms with Crippen LogP contribution in [0, 0.1) is 0 Å². The Morgan fingerprint density at radius 3 is 2.14 bits per heavy atom. The summed E-state index contributed by atoms with van der Waals surface area (Å²) in [7, 11) is -3.77. The molecule has 35 heavy (non-hydrogen) atoms. The molecule has 9 nitrogen and oxygen atoms in total. The van der Waals surface area contributed by atoms with Crippen molar-refractivity contribution in [3.05, 3.63) is 96.1 Å². The van der Waals surface area contributed by atoms with E-state index in [4.69, 9.17) is 0 Å². The van der Waals surface area contributed by atoms with Crippen molar-refractivity contribution in [2.24, 2.45) is 0 Å². The van der Waals surface area contributed by atoms with Crippen molar-refractivity contribution >= 4 is 33.6 Å². The molecule has 0 bridgehead atoms. The van der Waals surface area contributed by atoms with Crippen LogP contribution < -0.4 is 15.5 Å². The number of hydrogen-bond acceptors (Lipinski definition) is 5. The SMILES string of the molecule is C[C@]1(CCc2ccccc2)NC(=O)N(NC(=O)c2ccc(NS(=O)(=O)c3ccccc3)cc2)C1=O. The normalized spacial score (nSPS) is 17.7. The van der Waals surface area contributed by atoms with Crippen molar-refractivity contribution in [3.8, 4) is 0 Å². The van der Waals surface area contributed by atoms with Crippen LogP contribution in [0.15, 0.2) is 89.8 Å². The number of sulfonamides is 1. The van der Waals surface area contributed by atoms with Gasteiger partial charge in [0.25, 0.3) is 21.8 Å². The number of aryl methyl sites for hydroxylation is 1. The van der Waals surface area contributed by atoms with E-state index in [9.17, 15) is 22.8 Å². The maximum Gasteiger partial charge on any atom is 0.344 e. The van der Waals surface area contributed by atoms with E-state index in [1.807, 2.05) is 30.3 Å². The minimum absolute atomic E-state index is 0.107. The average molecular weight is 493 g/mol. The van der Waals surface area contributed by atoms with Crippen LogP contribution in [-0.4, -0.2) is 36.8 Å². The minimum atomic E-state index is -3.77.